The van der Waals surface area contributed by atoms with E-state index in [4.69, 9.17) is 5.73 Å². The van der Waals surface area contributed by atoms with E-state index in [0.717, 1.165) is 18.9 Å². The molecule has 1 fully saturated rings. The molecule has 0 bridgehead atoms. The smallest absolute Gasteiger partial charge is 0.0258 e. The Kier molecular flexibility index (Phi) is 5.21. The lowest BCUT2D eigenvalue weighted by Gasteiger charge is -2.27. The first-order valence-electron chi connectivity index (χ1n) is 7.31. The molecule has 1 aromatic carbocycles. The molecule has 2 heteroatoms. The monoisotopic (exact) mass is 246 g/mol. The number of hydrogen-bond donors (Lipinski definition) is 1. The SMILES string of the molecule is CCCC1CCN(C(CN)Cc2ccccc2)C1. The minimum Gasteiger partial charge on any atom is -0.329 e. The van der Waals surface area contributed by atoms with Crippen LogP contribution >= 0.6 is 0 Å². The number of hydrogen-bond acceptors (Lipinski definition) is 2. The quantitative estimate of drug-likeness (QED) is 0.836. The largest absolute Gasteiger partial charge is 0.329 e. The second-order valence-electron chi connectivity index (χ2n) is 5.52. The van der Waals surface area contributed by atoms with Crippen LogP contribution in [0.25, 0.3) is 0 Å². The molecular weight excluding hydrogens is 220 g/mol. The first-order valence-corrected chi connectivity index (χ1v) is 7.31. The number of nitrogens with two attached hydrogens (primary N) is 1. The van der Waals surface area contributed by atoms with Crippen LogP contribution in [0.4, 0.5) is 0 Å². The van der Waals surface area contributed by atoms with E-state index in [0.29, 0.717) is 6.04 Å². The normalized spacial score (nSPS) is 22.2. The Hall–Kier alpha value is -0.860. The highest BCUT2D eigenvalue weighted by Gasteiger charge is 2.26. The maximum Gasteiger partial charge on any atom is 0.0258 e. The molecule has 0 aromatic heterocycles. The summed E-state index contributed by atoms with van der Waals surface area (Å²) in [6.07, 6.45) is 5.14. The summed E-state index contributed by atoms with van der Waals surface area (Å²) in [5.41, 5.74) is 7.39. The van der Waals surface area contributed by atoms with Crippen molar-refractivity contribution >= 4 is 0 Å². The second kappa shape index (κ2) is 6.91. The Morgan fingerprint density at radius 1 is 1.33 bits per heavy atom. The minimum atomic E-state index is 0.522. The molecule has 2 atom stereocenters. The Morgan fingerprint density at radius 3 is 2.78 bits per heavy atom. The highest BCUT2D eigenvalue weighted by molar-refractivity contribution is 5.16. The minimum absolute atomic E-state index is 0.522. The van der Waals surface area contributed by atoms with Crippen molar-refractivity contribution in [1.29, 1.82) is 0 Å². The molecule has 2 N–H and O–H groups in total. The molecular formula is C16H26N2. The Labute approximate surface area is 111 Å². The van der Waals surface area contributed by atoms with Crippen molar-refractivity contribution in [2.45, 2.75) is 38.6 Å². The van der Waals surface area contributed by atoms with Crippen molar-refractivity contribution < 1.29 is 0 Å². The molecule has 100 valence electrons. The summed E-state index contributed by atoms with van der Waals surface area (Å²) in [6, 6.07) is 11.3. The molecule has 0 aliphatic carbocycles. The topological polar surface area (TPSA) is 29.3 Å². The molecule has 0 amide bonds. The van der Waals surface area contributed by atoms with Gasteiger partial charge in [-0.25, -0.2) is 0 Å². The van der Waals surface area contributed by atoms with Crippen molar-refractivity contribution in [3.8, 4) is 0 Å². The number of likely N-dealkylation sites (tertiary alicyclic amines) is 1. The predicted octanol–water partition coefficient (Wildman–Crippen LogP) is 2.68. The second-order valence-corrected chi connectivity index (χ2v) is 5.52. The van der Waals surface area contributed by atoms with Gasteiger partial charge in [-0.05, 0) is 37.3 Å². The third-order valence-electron chi connectivity index (χ3n) is 4.12. The van der Waals surface area contributed by atoms with Gasteiger partial charge in [0.1, 0.15) is 0 Å². The summed E-state index contributed by atoms with van der Waals surface area (Å²) in [5.74, 6) is 0.903. The van der Waals surface area contributed by atoms with Crippen molar-refractivity contribution in [2.75, 3.05) is 19.6 Å². The van der Waals surface area contributed by atoms with E-state index in [1.54, 1.807) is 0 Å². The summed E-state index contributed by atoms with van der Waals surface area (Å²) in [4.78, 5) is 2.60. The van der Waals surface area contributed by atoms with Crippen LogP contribution in [-0.4, -0.2) is 30.6 Å². The molecule has 1 heterocycles. The van der Waals surface area contributed by atoms with Gasteiger partial charge in [0.05, 0.1) is 0 Å². The fourth-order valence-corrected chi connectivity index (χ4v) is 3.09. The third-order valence-corrected chi connectivity index (χ3v) is 4.12. The molecule has 1 aliphatic heterocycles. The average molecular weight is 246 g/mol. The zero-order chi connectivity index (χ0) is 12.8. The molecule has 1 aliphatic rings. The van der Waals surface area contributed by atoms with E-state index in [9.17, 15) is 0 Å². The lowest BCUT2D eigenvalue weighted by atomic mass is 10.0. The van der Waals surface area contributed by atoms with Gasteiger partial charge in [0.15, 0.2) is 0 Å². The Balaban J connectivity index is 1.90. The van der Waals surface area contributed by atoms with Crippen molar-refractivity contribution in [1.82, 2.24) is 4.90 Å². The van der Waals surface area contributed by atoms with Crippen LogP contribution in [0.15, 0.2) is 30.3 Å². The van der Waals surface area contributed by atoms with Gasteiger partial charge in [-0.15, -0.1) is 0 Å². The summed E-state index contributed by atoms with van der Waals surface area (Å²) in [6.45, 7) is 5.54. The molecule has 2 nitrogen and oxygen atoms in total. The van der Waals surface area contributed by atoms with Crippen molar-refractivity contribution in [3.05, 3.63) is 35.9 Å². The van der Waals surface area contributed by atoms with E-state index in [2.05, 4.69) is 42.2 Å². The van der Waals surface area contributed by atoms with Crippen molar-refractivity contribution in [3.63, 3.8) is 0 Å². The molecule has 2 rings (SSSR count). The molecule has 18 heavy (non-hydrogen) atoms. The van der Waals surface area contributed by atoms with E-state index in [-0.39, 0.29) is 0 Å². The van der Waals surface area contributed by atoms with E-state index < -0.39 is 0 Å². The zero-order valence-corrected chi connectivity index (χ0v) is 11.5. The summed E-state index contributed by atoms with van der Waals surface area (Å²) in [5, 5.41) is 0. The maximum absolute atomic E-state index is 5.98. The van der Waals surface area contributed by atoms with Gasteiger partial charge in [-0.1, -0.05) is 43.7 Å². The van der Waals surface area contributed by atoms with Gasteiger partial charge in [-0.3, -0.25) is 4.90 Å². The van der Waals surface area contributed by atoms with E-state index in [1.807, 2.05) is 0 Å². The fraction of sp³-hybridized carbons (Fsp3) is 0.625. The van der Waals surface area contributed by atoms with Gasteiger partial charge in [-0.2, -0.15) is 0 Å². The lowest BCUT2D eigenvalue weighted by Crippen LogP contribution is -2.40. The molecule has 1 saturated heterocycles. The molecule has 2 unspecified atom stereocenters. The summed E-state index contributed by atoms with van der Waals surface area (Å²) >= 11 is 0. The lowest BCUT2D eigenvalue weighted by molar-refractivity contribution is 0.235. The van der Waals surface area contributed by atoms with Crippen LogP contribution in [0.5, 0.6) is 0 Å². The van der Waals surface area contributed by atoms with Crippen LogP contribution < -0.4 is 5.73 Å². The van der Waals surface area contributed by atoms with Crippen LogP contribution in [0.2, 0.25) is 0 Å². The van der Waals surface area contributed by atoms with Gasteiger partial charge in [0.2, 0.25) is 0 Å². The highest BCUT2D eigenvalue weighted by atomic mass is 15.2. The number of nitrogens with zero attached hydrogens (tertiary/aromatic N) is 1. The predicted molar refractivity (Wildman–Crippen MR) is 77.6 cm³/mol. The maximum atomic E-state index is 5.98. The number of benzene rings is 1. The van der Waals surface area contributed by atoms with Gasteiger partial charge < -0.3 is 5.73 Å². The Bertz CT molecular complexity index is 336. The first-order chi connectivity index (χ1) is 8.83. The number of rotatable bonds is 6. The van der Waals surface area contributed by atoms with E-state index >= 15 is 0 Å². The van der Waals surface area contributed by atoms with Crippen molar-refractivity contribution in [2.24, 2.45) is 11.7 Å². The molecule has 0 radical (unpaired) electrons. The molecule has 1 aromatic rings. The highest BCUT2D eigenvalue weighted by Crippen LogP contribution is 2.23. The van der Waals surface area contributed by atoms with Crippen LogP contribution in [-0.2, 0) is 6.42 Å². The summed E-state index contributed by atoms with van der Waals surface area (Å²) in [7, 11) is 0. The average Bonchev–Trinajstić information content (AvgIpc) is 2.86. The van der Waals surface area contributed by atoms with Crippen LogP contribution in [0.3, 0.4) is 0 Å². The molecule has 0 spiro atoms. The van der Waals surface area contributed by atoms with Gasteiger partial charge in [0, 0.05) is 19.1 Å². The van der Waals surface area contributed by atoms with E-state index in [1.165, 1.54) is 37.9 Å². The Morgan fingerprint density at radius 2 is 2.11 bits per heavy atom. The fourth-order valence-electron chi connectivity index (χ4n) is 3.09. The standard InChI is InChI=1S/C16H26N2/c1-2-6-15-9-10-18(13-15)16(12-17)11-14-7-4-3-5-8-14/h3-5,7-8,15-16H,2,6,9-13,17H2,1H3. The first kappa shape index (κ1) is 13.6. The van der Waals surface area contributed by atoms with Crippen LogP contribution in [0, 0.1) is 5.92 Å². The summed E-state index contributed by atoms with van der Waals surface area (Å²) < 4.78 is 0. The van der Waals surface area contributed by atoms with Crippen LogP contribution in [0.1, 0.15) is 31.7 Å². The third kappa shape index (κ3) is 3.56. The molecule has 0 saturated carbocycles. The van der Waals surface area contributed by atoms with Gasteiger partial charge in [0.25, 0.3) is 0 Å². The zero-order valence-electron chi connectivity index (χ0n) is 11.5. The van der Waals surface area contributed by atoms with Gasteiger partial charge >= 0.3 is 0 Å².